The summed E-state index contributed by atoms with van der Waals surface area (Å²) in [5, 5.41) is 0.0913. The summed E-state index contributed by atoms with van der Waals surface area (Å²) >= 11 is 6.82. The molecule has 0 aromatic heterocycles. The van der Waals surface area contributed by atoms with Crippen LogP contribution in [0.5, 0.6) is 5.75 Å². The Hall–Kier alpha value is -1.47. The van der Waals surface area contributed by atoms with Gasteiger partial charge in [0.1, 0.15) is 5.75 Å². The monoisotopic (exact) mass is 300 g/mol. The van der Waals surface area contributed by atoms with Gasteiger partial charge in [0.25, 0.3) is 0 Å². The first-order valence-corrected chi connectivity index (χ1v) is 8.07. The Morgan fingerprint density at radius 1 is 1.10 bits per heavy atom. The number of aryl methyl sites for hydroxylation is 1. The Labute approximate surface area is 131 Å². The lowest BCUT2D eigenvalue weighted by atomic mass is 9.89. The largest absolute Gasteiger partial charge is 0.496 e. The molecule has 1 aliphatic rings. The number of hydrogen-bond donors (Lipinski definition) is 0. The van der Waals surface area contributed by atoms with Crippen LogP contribution >= 0.6 is 11.6 Å². The van der Waals surface area contributed by atoms with Crippen molar-refractivity contribution in [1.82, 2.24) is 0 Å². The third-order valence-corrected chi connectivity index (χ3v) is 5.05. The van der Waals surface area contributed by atoms with Gasteiger partial charge in [-0.25, -0.2) is 0 Å². The molecule has 2 aromatic carbocycles. The normalized spacial score (nSPS) is 21.4. The minimum Gasteiger partial charge on any atom is -0.496 e. The lowest BCUT2D eigenvalue weighted by Crippen LogP contribution is -2.11. The predicted molar refractivity (Wildman–Crippen MR) is 88.2 cm³/mol. The van der Waals surface area contributed by atoms with Gasteiger partial charge in [0.05, 0.1) is 12.5 Å². The van der Waals surface area contributed by atoms with Crippen molar-refractivity contribution in [3.8, 4) is 5.75 Å². The molecule has 2 unspecified atom stereocenters. The average Bonchev–Trinajstić information content (AvgIpc) is 2.68. The average molecular weight is 301 g/mol. The standard InChI is InChI=1S/C19H21ClO/c1-21-18-12-5-3-8-15(18)13-16-10-6-9-14-7-2-4-11-17(14)19(16)20/h2-5,7-8,11-12,16,19H,6,9-10,13H2,1H3. The number of ether oxygens (including phenoxy) is 1. The van der Waals surface area contributed by atoms with Crippen LogP contribution in [-0.2, 0) is 12.8 Å². The Bertz CT molecular complexity index is 608. The van der Waals surface area contributed by atoms with Crippen LogP contribution < -0.4 is 4.74 Å². The number of fused-ring (bicyclic) bond motifs is 1. The van der Waals surface area contributed by atoms with Gasteiger partial charge >= 0.3 is 0 Å². The molecule has 0 spiro atoms. The molecule has 0 heterocycles. The number of methoxy groups -OCH3 is 1. The van der Waals surface area contributed by atoms with E-state index in [9.17, 15) is 0 Å². The van der Waals surface area contributed by atoms with Crippen molar-refractivity contribution in [2.75, 3.05) is 7.11 Å². The minimum atomic E-state index is 0.0913. The van der Waals surface area contributed by atoms with Gasteiger partial charge in [-0.1, -0.05) is 42.5 Å². The van der Waals surface area contributed by atoms with Crippen LogP contribution in [0.4, 0.5) is 0 Å². The molecule has 0 N–H and O–H groups in total. The first kappa shape index (κ1) is 14.5. The molecule has 0 radical (unpaired) electrons. The zero-order chi connectivity index (χ0) is 14.7. The van der Waals surface area contributed by atoms with Gasteiger partial charge in [0.15, 0.2) is 0 Å². The van der Waals surface area contributed by atoms with Crippen LogP contribution in [0.15, 0.2) is 48.5 Å². The Morgan fingerprint density at radius 2 is 1.86 bits per heavy atom. The summed E-state index contributed by atoms with van der Waals surface area (Å²) in [6.07, 6.45) is 4.50. The molecule has 2 atom stereocenters. The fourth-order valence-electron chi connectivity index (χ4n) is 3.35. The maximum atomic E-state index is 6.82. The summed E-state index contributed by atoms with van der Waals surface area (Å²) in [4.78, 5) is 0. The molecule has 21 heavy (non-hydrogen) atoms. The van der Waals surface area contributed by atoms with Gasteiger partial charge < -0.3 is 4.74 Å². The second-order valence-corrected chi connectivity index (χ2v) is 6.24. The smallest absolute Gasteiger partial charge is 0.122 e. The first-order chi connectivity index (χ1) is 10.3. The van der Waals surface area contributed by atoms with Gasteiger partial charge in [0, 0.05) is 0 Å². The van der Waals surface area contributed by atoms with Gasteiger partial charge in [0.2, 0.25) is 0 Å². The Balaban J connectivity index is 1.86. The van der Waals surface area contributed by atoms with Crippen molar-refractivity contribution in [2.24, 2.45) is 5.92 Å². The lowest BCUT2D eigenvalue weighted by Gasteiger charge is -2.22. The van der Waals surface area contributed by atoms with E-state index >= 15 is 0 Å². The first-order valence-electron chi connectivity index (χ1n) is 7.63. The topological polar surface area (TPSA) is 9.23 Å². The number of benzene rings is 2. The summed E-state index contributed by atoms with van der Waals surface area (Å²) in [5.41, 5.74) is 3.99. The molecule has 2 heteroatoms. The third-order valence-electron chi connectivity index (χ3n) is 4.46. The van der Waals surface area contributed by atoms with E-state index in [0.717, 1.165) is 18.6 Å². The van der Waals surface area contributed by atoms with E-state index in [1.807, 2.05) is 12.1 Å². The molecule has 1 nitrogen and oxygen atoms in total. The van der Waals surface area contributed by atoms with Crippen molar-refractivity contribution >= 4 is 11.6 Å². The van der Waals surface area contributed by atoms with E-state index in [2.05, 4.69) is 36.4 Å². The van der Waals surface area contributed by atoms with Crippen molar-refractivity contribution in [3.63, 3.8) is 0 Å². The second-order valence-electron chi connectivity index (χ2n) is 5.77. The molecule has 1 aliphatic carbocycles. The summed E-state index contributed by atoms with van der Waals surface area (Å²) < 4.78 is 5.48. The zero-order valence-corrected chi connectivity index (χ0v) is 13.1. The highest BCUT2D eigenvalue weighted by molar-refractivity contribution is 6.21. The molecule has 3 rings (SSSR count). The number of hydrogen-bond acceptors (Lipinski definition) is 1. The molecule has 110 valence electrons. The molecule has 0 aliphatic heterocycles. The summed E-state index contributed by atoms with van der Waals surface area (Å²) in [7, 11) is 1.74. The summed E-state index contributed by atoms with van der Waals surface area (Å²) in [6, 6.07) is 16.9. The highest BCUT2D eigenvalue weighted by atomic mass is 35.5. The van der Waals surface area contributed by atoms with Crippen LogP contribution in [0.3, 0.4) is 0 Å². The molecule has 0 amide bonds. The number of alkyl halides is 1. The lowest BCUT2D eigenvalue weighted by molar-refractivity contribution is 0.398. The number of halogens is 1. The minimum absolute atomic E-state index is 0.0913. The number of rotatable bonds is 3. The SMILES string of the molecule is COc1ccccc1CC1CCCc2ccccc2C1Cl. The van der Waals surface area contributed by atoms with E-state index in [-0.39, 0.29) is 5.38 Å². The van der Waals surface area contributed by atoms with Gasteiger partial charge in [-0.2, -0.15) is 0 Å². The molecule has 0 saturated carbocycles. The molecule has 0 fully saturated rings. The Kier molecular flexibility index (Phi) is 4.50. The van der Waals surface area contributed by atoms with Crippen molar-refractivity contribution in [1.29, 1.82) is 0 Å². The van der Waals surface area contributed by atoms with Crippen LogP contribution in [0, 0.1) is 5.92 Å². The number of para-hydroxylation sites is 1. The van der Waals surface area contributed by atoms with E-state index in [1.54, 1.807) is 7.11 Å². The maximum absolute atomic E-state index is 6.82. The maximum Gasteiger partial charge on any atom is 0.122 e. The third kappa shape index (κ3) is 3.08. The molecule has 0 saturated heterocycles. The Morgan fingerprint density at radius 3 is 2.71 bits per heavy atom. The van der Waals surface area contributed by atoms with Gasteiger partial charge in [-0.05, 0) is 54.4 Å². The van der Waals surface area contributed by atoms with Crippen molar-refractivity contribution in [2.45, 2.75) is 31.1 Å². The van der Waals surface area contributed by atoms with Crippen LogP contribution in [0.2, 0.25) is 0 Å². The van der Waals surface area contributed by atoms with E-state index < -0.39 is 0 Å². The van der Waals surface area contributed by atoms with Gasteiger partial charge in [-0.15, -0.1) is 11.6 Å². The van der Waals surface area contributed by atoms with Crippen molar-refractivity contribution in [3.05, 3.63) is 65.2 Å². The second kappa shape index (κ2) is 6.53. The fourth-order valence-corrected chi connectivity index (χ4v) is 3.77. The van der Waals surface area contributed by atoms with Crippen LogP contribution in [0.25, 0.3) is 0 Å². The quantitative estimate of drug-likeness (QED) is 0.561. The van der Waals surface area contributed by atoms with Crippen LogP contribution in [0.1, 0.15) is 34.9 Å². The summed E-state index contributed by atoms with van der Waals surface area (Å²) in [5.74, 6) is 1.44. The van der Waals surface area contributed by atoms with Gasteiger partial charge in [-0.3, -0.25) is 0 Å². The highest BCUT2D eigenvalue weighted by Gasteiger charge is 2.26. The van der Waals surface area contributed by atoms with E-state index in [1.165, 1.54) is 29.5 Å². The molecule has 0 bridgehead atoms. The van der Waals surface area contributed by atoms with E-state index in [0.29, 0.717) is 5.92 Å². The van der Waals surface area contributed by atoms with Crippen molar-refractivity contribution < 1.29 is 4.74 Å². The highest BCUT2D eigenvalue weighted by Crippen LogP contribution is 2.40. The summed E-state index contributed by atoms with van der Waals surface area (Å²) in [6.45, 7) is 0. The van der Waals surface area contributed by atoms with Crippen LogP contribution in [-0.4, -0.2) is 7.11 Å². The van der Waals surface area contributed by atoms with E-state index in [4.69, 9.17) is 16.3 Å². The fraction of sp³-hybridized carbons (Fsp3) is 0.368. The molecule has 2 aromatic rings. The zero-order valence-electron chi connectivity index (χ0n) is 12.4. The predicted octanol–water partition coefficient (Wildman–Crippen LogP) is 5.17. The molecular weight excluding hydrogens is 280 g/mol. The molecular formula is C19H21ClO.